The summed E-state index contributed by atoms with van der Waals surface area (Å²) < 4.78 is 10.6. The van der Waals surface area contributed by atoms with Gasteiger partial charge in [-0.2, -0.15) is 0 Å². The van der Waals surface area contributed by atoms with Gasteiger partial charge in [0.05, 0.1) is 25.9 Å². The molecule has 0 unspecified atom stereocenters. The standard InChI is InChI=1S/C17H20N2O3/c1-3-22-14-8-6-7-13(11-14)18-12-17(20)19-15-9-4-5-10-16(15)21-2/h4-11,18H,3,12H2,1-2H3,(H,19,20). The Morgan fingerprint density at radius 1 is 1.14 bits per heavy atom. The fourth-order valence-electron chi connectivity index (χ4n) is 1.99. The van der Waals surface area contributed by atoms with Crippen LogP contribution >= 0.6 is 0 Å². The molecule has 0 aliphatic rings. The first-order chi connectivity index (χ1) is 10.7. The maximum absolute atomic E-state index is 12.0. The third-order valence-corrected chi connectivity index (χ3v) is 2.98. The molecule has 2 rings (SSSR count). The third kappa shape index (κ3) is 4.41. The Labute approximate surface area is 130 Å². The first kappa shape index (κ1) is 15.7. The number of rotatable bonds is 7. The van der Waals surface area contributed by atoms with Gasteiger partial charge in [0, 0.05) is 11.8 Å². The first-order valence-electron chi connectivity index (χ1n) is 7.12. The lowest BCUT2D eigenvalue weighted by molar-refractivity contribution is -0.114. The average molecular weight is 300 g/mol. The molecule has 22 heavy (non-hydrogen) atoms. The average Bonchev–Trinajstić information content (AvgIpc) is 2.54. The molecule has 0 saturated heterocycles. The summed E-state index contributed by atoms with van der Waals surface area (Å²) in [6, 6.07) is 14.8. The van der Waals surface area contributed by atoms with E-state index in [2.05, 4.69) is 10.6 Å². The van der Waals surface area contributed by atoms with E-state index in [1.807, 2.05) is 43.3 Å². The van der Waals surface area contributed by atoms with Gasteiger partial charge in [-0.15, -0.1) is 0 Å². The maximum atomic E-state index is 12.0. The minimum Gasteiger partial charge on any atom is -0.495 e. The lowest BCUT2D eigenvalue weighted by Gasteiger charge is -2.11. The van der Waals surface area contributed by atoms with Crippen molar-refractivity contribution < 1.29 is 14.3 Å². The van der Waals surface area contributed by atoms with Gasteiger partial charge in [0.25, 0.3) is 0 Å². The van der Waals surface area contributed by atoms with Crippen LogP contribution in [0.4, 0.5) is 11.4 Å². The third-order valence-electron chi connectivity index (χ3n) is 2.98. The van der Waals surface area contributed by atoms with Gasteiger partial charge in [0.1, 0.15) is 11.5 Å². The summed E-state index contributed by atoms with van der Waals surface area (Å²) in [7, 11) is 1.57. The molecule has 0 saturated carbocycles. The Balaban J connectivity index is 1.91. The highest BCUT2D eigenvalue weighted by Crippen LogP contribution is 2.23. The number of hydrogen-bond acceptors (Lipinski definition) is 4. The molecule has 5 heteroatoms. The molecule has 0 aliphatic carbocycles. The van der Waals surface area contributed by atoms with Gasteiger partial charge in [-0.25, -0.2) is 0 Å². The van der Waals surface area contributed by atoms with Crippen LogP contribution < -0.4 is 20.1 Å². The van der Waals surface area contributed by atoms with Crippen molar-refractivity contribution in [3.05, 3.63) is 48.5 Å². The zero-order valence-electron chi connectivity index (χ0n) is 12.8. The Morgan fingerprint density at radius 3 is 2.73 bits per heavy atom. The first-order valence-corrected chi connectivity index (χ1v) is 7.12. The fraction of sp³-hybridized carbons (Fsp3) is 0.235. The van der Waals surface area contributed by atoms with Crippen molar-refractivity contribution in [2.45, 2.75) is 6.92 Å². The van der Waals surface area contributed by atoms with Crippen molar-refractivity contribution in [1.82, 2.24) is 0 Å². The van der Waals surface area contributed by atoms with Crippen molar-refractivity contribution in [2.24, 2.45) is 0 Å². The Bertz CT molecular complexity index is 629. The lowest BCUT2D eigenvalue weighted by atomic mass is 10.3. The molecule has 0 radical (unpaired) electrons. The molecule has 0 aromatic heterocycles. The van der Waals surface area contributed by atoms with Crippen LogP contribution in [0.5, 0.6) is 11.5 Å². The number of methoxy groups -OCH3 is 1. The molecule has 5 nitrogen and oxygen atoms in total. The number of carbonyl (C=O) groups excluding carboxylic acids is 1. The topological polar surface area (TPSA) is 59.6 Å². The predicted octanol–water partition coefficient (Wildman–Crippen LogP) is 3.14. The highest BCUT2D eigenvalue weighted by atomic mass is 16.5. The Morgan fingerprint density at radius 2 is 1.95 bits per heavy atom. The number of nitrogens with one attached hydrogen (secondary N) is 2. The number of para-hydroxylation sites is 2. The number of carbonyl (C=O) groups is 1. The van der Waals surface area contributed by atoms with Crippen molar-refractivity contribution in [1.29, 1.82) is 0 Å². The van der Waals surface area contributed by atoms with E-state index in [4.69, 9.17) is 9.47 Å². The number of amides is 1. The van der Waals surface area contributed by atoms with Crippen molar-refractivity contribution in [3.8, 4) is 11.5 Å². The number of hydrogen-bond donors (Lipinski definition) is 2. The van der Waals surface area contributed by atoms with Crippen molar-refractivity contribution in [2.75, 3.05) is 30.9 Å². The van der Waals surface area contributed by atoms with Gasteiger partial charge in [-0.1, -0.05) is 18.2 Å². The van der Waals surface area contributed by atoms with Gasteiger partial charge in [0.15, 0.2) is 0 Å². The van der Waals surface area contributed by atoms with E-state index >= 15 is 0 Å². The fourth-order valence-corrected chi connectivity index (χ4v) is 1.99. The summed E-state index contributed by atoms with van der Waals surface area (Å²) in [5.74, 6) is 1.26. The van der Waals surface area contributed by atoms with Crippen LogP contribution in [0, 0.1) is 0 Å². The molecule has 0 bridgehead atoms. The molecular weight excluding hydrogens is 280 g/mol. The van der Waals surface area contributed by atoms with E-state index in [-0.39, 0.29) is 12.5 Å². The van der Waals surface area contributed by atoms with Crippen molar-refractivity contribution >= 4 is 17.3 Å². The van der Waals surface area contributed by atoms with Crippen LogP contribution in [-0.4, -0.2) is 26.2 Å². The second-order valence-electron chi connectivity index (χ2n) is 4.56. The van der Waals surface area contributed by atoms with Crippen LogP contribution in [0.2, 0.25) is 0 Å². The second kappa shape index (κ2) is 7.93. The van der Waals surface area contributed by atoms with Gasteiger partial charge in [0.2, 0.25) is 5.91 Å². The smallest absolute Gasteiger partial charge is 0.243 e. The van der Waals surface area contributed by atoms with Crippen molar-refractivity contribution in [3.63, 3.8) is 0 Å². The van der Waals surface area contributed by atoms with E-state index in [9.17, 15) is 4.79 Å². The van der Waals surface area contributed by atoms with E-state index in [0.29, 0.717) is 18.0 Å². The van der Waals surface area contributed by atoms with Crippen LogP contribution in [-0.2, 0) is 4.79 Å². The minimum absolute atomic E-state index is 0.147. The monoisotopic (exact) mass is 300 g/mol. The van der Waals surface area contributed by atoms with Crippen LogP contribution in [0.15, 0.2) is 48.5 Å². The molecule has 116 valence electrons. The highest BCUT2D eigenvalue weighted by Gasteiger charge is 2.06. The highest BCUT2D eigenvalue weighted by molar-refractivity contribution is 5.95. The Kier molecular flexibility index (Phi) is 5.65. The van der Waals surface area contributed by atoms with Crippen LogP contribution in [0.25, 0.3) is 0 Å². The normalized spacial score (nSPS) is 9.91. The molecule has 0 fully saturated rings. The quantitative estimate of drug-likeness (QED) is 0.824. The molecule has 0 atom stereocenters. The molecular formula is C17H20N2O3. The predicted molar refractivity (Wildman–Crippen MR) is 87.7 cm³/mol. The Hall–Kier alpha value is -2.69. The van der Waals surface area contributed by atoms with Gasteiger partial charge in [-0.3, -0.25) is 4.79 Å². The van der Waals surface area contributed by atoms with Gasteiger partial charge in [-0.05, 0) is 31.2 Å². The molecule has 1 amide bonds. The van der Waals surface area contributed by atoms with E-state index in [1.165, 1.54) is 0 Å². The van der Waals surface area contributed by atoms with Gasteiger partial charge >= 0.3 is 0 Å². The molecule has 0 heterocycles. The summed E-state index contributed by atoms with van der Waals surface area (Å²) in [6.07, 6.45) is 0. The molecule has 0 spiro atoms. The number of benzene rings is 2. The molecule has 0 aliphatic heterocycles. The SMILES string of the molecule is CCOc1cccc(NCC(=O)Nc2ccccc2OC)c1. The molecule has 2 aromatic rings. The summed E-state index contributed by atoms with van der Waals surface area (Å²) >= 11 is 0. The van der Waals surface area contributed by atoms with E-state index < -0.39 is 0 Å². The summed E-state index contributed by atoms with van der Waals surface area (Å²) in [5, 5.41) is 5.88. The zero-order valence-corrected chi connectivity index (χ0v) is 12.8. The zero-order chi connectivity index (χ0) is 15.8. The molecule has 2 aromatic carbocycles. The second-order valence-corrected chi connectivity index (χ2v) is 4.56. The lowest BCUT2D eigenvalue weighted by Crippen LogP contribution is -2.22. The van der Waals surface area contributed by atoms with Gasteiger partial charge < -0.3 is 20.1 Å². The van der Waals surface area contributed by atoms with Crippen LogP contribution in [0.3, 0.4) is 0 Å². The van der Waals surface area contributed by atoms with Crippen LogP contribution in [0.1, 0.15) is 6.92 Å². The van der Waals surface area contributed by atoms with E-state index in [0.717, 1.165) is 11.4 Å². The summed E-state index contributed by atoms with van der Waals surface area (Å²) in [6.45, 7) is 2.70. The minimum atomic E-state index is -0.147. The maximum Gasteiger partial charge on any atom is 0.243 e. The summed E-state index contributed by atoms with van der Waals surface area (Å²) in [5.41, 5.74) is 1.49. The van der Waals surface area contributed by atoms with E-state index in [1.54, 1.807) is 19.2 Å². The number of ether oxygens (including phenoxy) is 2. The summed E-state index contributed by atoms with van der Waals surface area (Å²) in [4.78, 5) is 12.0. The molecule has 2 N–H and O–H groups in total. The largest absolute Gasteiger partial charge is 0.495 e. The number of anilines is 2.